The monoisotopic (exact) mass is 376 g/mol. The number of carbonyl (C=O) groups is 2. The number of methoxy groups -OCH3 is 3. The van der Waals surface area contributed by atoms with Crippen molar-refractivity contribution in [3.05, 3.63) is 35.7 Å². The Bertz CT molecular complexity index is 765. The number of aromatic nitrogens is 1. The normalized spacial score (nSPS) is 10.9. The van der Waals surface area contributed by atoms with Crippen molar-refractivity contribution < 1.29 is 28.2 Å². The predicted octanol–water partition coefficient (Wildman–Crippen LogP) is 1.90. The number of ketones is 1. The van der Waals surface area contributed by atoms with Gasteiger partial charge >= 0.3 is 0 Å². The summed E-state index contributed by atoms with van der Waals surface area (Å²) in [7, 11) is 4.54. The zero-order chi connectivity index (χ0) is 19.8. The fourth-order valence-corrected chi connectivity index (χ4v) is 2.40. The largest absolute Gasteiger partial charge is 0.497 e. The van der Waals surface area contributed by atoms with Gasteiger partial charge in [0.05, 0.1) is 32.2 Å². The third-order valence-corrected chi connectivity index (χ3v) is 3.94. The van der Waals surface area contributed by atoms with Crippen molar-refractivity contribution in [2.75, 3.05) is 27.9 Å². The average molecular weight is 376 g/mol. The Morgan fingerprint density at radius 1 is 1.15 bits per heavy atom. The van der Waals surface area contributed by atoms with Crippen LogP contribution >= 0.6 is 0 Å². The number of oxazole rings is 1. The molecule has 1 heterocycles. The number of Topliss-reactive ketones (excluding diaryl/α,β-unsaturated/α-hetero) is 1. The molecule has 0 fully saturated rings. The number of benzene rings is 1. The topological polar surface area (TPSA) is 99.9 Å². The maximum Gasteiger partial charge on any atom is 0.227 e. The molecule has 0 spiro atoms. The predicted molar refractivity (Wildman–Crippen MR) is 97.4 cm³/mol. The molecule has 0 aliphatic rings. The van der Waals surface area contributed by atoms with Gasteiger partial charge in [-0.15, -0.1) is 0 Å². The molecule has 0 saturated carbocycles. The van der Waals surface area contributed by atoms with Crippen molar-refractivity contribution >= 4 is 11.7 Å². The van der Waals surface area contributed by atoms with Gasteiger partial charge in [-0.25, -0.2) is 4.98 Å². The molecular formula is C19H24N2O6. The summed E-state index contributed by atoms with van der Waals surface area (Å²) in [5.74, 6) is 1.05. The molecule has 1 N–H and O–H groups in total. The Hall–Kier alpha value is -2.71. The van der Waals surface area contributed by atoms with E-state index in [1.807, 2.05) is 12.1 Å². The van der Waals surface area contributed by atoms with Crippen LogP contribution in [-0.2, 0) is 25.5 Å². The number of nitrogens with one attached hydrogen (secondary N) is 1. The van der Waals surface area contributed by atoms with Gasteiger partial charge < -0.3 is 23.9 Å². The fraction of sp³-hybridized carbons (Fsp3) is 0.421. The summed E-state index contributed by atoms with van der Waals surface area (Å²) in [5.41, 5.74) is 1.30. The number of carbonyl (C=O) groups excluding carboxylic acids is 2. The molecule has 0 aliphatic carbocycles. The van der Waals surface area contributed by atoms with Crippen LogP contribution < -0.4 is 10.1 Å². The van der Waals surface area contributed by atoms with Gasteiger partial charge in [-0.1, -0.05) is 0 Å². The van der Waals surface area contributed by atoms with Gasteiger partial charge in [-0.05, 0) is 31.2 Å². The van der Waals surface area contributed by atoms with Gasteiger partial charge in [-0.3, -0.25) is 9.59 Å². The van der Waals surface area contributed by atoms with Crippen LogP contribution in [0.4, 0.5) is 0 Å². The van der Waals surface area contributed by atoms with Gasteiger partial charge in [0, 0.05) is 19.8 Å². The SMILES string of the molecule is COc1ccc(-c2nc(CC(=O)CC(=O)NCC(OC)OC)c(C)o2)cc1. The van der Waals surface area contributed by atoms with E-state index in [-0.39, 0.29) is 25.2 Å². The first-order chi connectivity index (χ1) is 13.0. The molecule has 1 aromatic heterocycles. The highest BCUT2D eigenvalue weighted by Gasteiger charge is 2.17. The van der Waals surface area contributed by atoms with Gasteiger partial charge in [0.2, 0.25) is 11.8 Å². The third-order valence-electron chi connectivity index (χ3n) is 3.94. The first-order valence-corrected chi connectivity index (χ1v) is 8.41. The molecule has 146 valence electrons. The van der Waals surface area contributed by atoms with E-state index < -0.39 is 12.2 Å². The van der Waals surface area contributed by atoms with Crippen LogP contribution in [-0.4, -0.2) is 50.8 Å². The molecule has 2 aromatic rings. The fourth-order valence-electron chi connectivity index (χ4n) is 2.40. The number of aryl methyl sites for hydroxylation is 1. The highest BCUT2D eigenvalue weighted by molar-refractivity contribution is 5.98. The summed E-state index contributed by atoms with van der Waals surface area (Å²) in [6.45, 7) is 1.91. The molecule has 0 radical (unpaired) electrons. The molecule has 27 heavy (non-hydrogen) atoms. The van der Waals surface area contributed by atoms with E-state index in [0.717, 1.165) is 11.3 Å². The summed E-state index contributed by atoms with van der Waals surface area (Å²) in [6.07, 6.45) is -0.768. The van der Waals surface area contributed by atoms with E-state index in [2.05, 4.69) is 10.3 Å². The van der Waals surface area contributed by atoms with Crippen molar-refractivity contribution in [2.45, 2.75) is 26.1 Å². The summed E-state index contributed by atoms with van der Waals surface area (Å²) < 4.78 is 20.7. The number of hydrogen-bond donors (Lipinski definition) is 1. The molecule has 0 aliphatic heterocycles. The van der Waals surface area contributed by atoms with Crippen molar-refractivity contribution in [1.82, 2.24) is 10.3 Å². The van der Waals surface area contributed by atoms with Crippen molar-refractivity contribution in [1.29, 1.82) is 0 Å². The number of nitrogens with zero attached hydrogens (tertiary/aromatic N) is 1. The lowest BCUT2D eigenvalue weighted by molar-refractivity contribution is -0.131. The van der Waals surface area contributed by atoms with E-state index in [1.54, 1.807) is 26.2 Å². The lowest BCUT2D eigenvalue weighted by atomic mass is 10.1. The molecule has 8 heteroatoms. The van der Waals surface area contributed by atoms with Gasteiger partial charge in [0.15, 0.2) is 6.29 Å². The minimum Gasteiger partial charge on any atom is -0.497 e. The summed E-state index contributed by atoms with van der Waals surface area (Å²) in [6, 6.07) is 7.25. The lowest BCUT2D eigenvalue weighted by Gasteiger charge is -2.13. The molecule has 8 nitrogen and oxygen atoms in total. The Morgan fingerprint density at radius 3 is 2.41 bits per heavy atom. The Morgan fingerprint density at radius 2 is 1.81 bits per heavy atom. The maximum absolute atomic E-state index is 12.2. The Kier molecular flexibility index (Phi) is 7.51. The Balaban J connectivity index is 1.93. The van der Waals surface area contributed by atoms with Crippen LogP contribution in [0.15, 0.2) is 28.7 Å². The van der Waals surface area contributed by atoms with E-state index in [9.17, 15) is 9.59 Å². The molecule has 2 rings (SSSR count). The molecule has 0 unspecified atom stereocenters. The standard InChI is InChI=1S/C19H24N2O6/c1-12-16(9-14(22)10-17(23)20-11-18(25-3)26-4)21-19(27-12)13-5-7-15(24-2)8-6-13/h5-8,18H,9-11H2,1-4H3,(H,20,23). The number of amides is 1. The second-order valence-corrected chi connectivity index (χ2v) is 5.85. The average Bonchev–Trinajstić information content (AvgIpc) is 3.03. The Labute approximate surface area is 157 Å². The van der Waals surface area contributed by atoms with E-state index in [4.69, 9.17) is 18.6 Å². The van der Waals surface area contributed by atoms with Crippen molar-refractivity contribution in [3.63, 3.8) is 0 Å². The van der Waals surface area contributed by atoms with Gasteiger partial charge in [-0.2, -0.15) is 0 Å². The molecule has 0 saturated heterocycles. The van der Waals surface area contributed by atoms with Crippen LogP contribution in [0.25, 0.3) is 11.5 Å². The van der Waals surface area contributed by atoms with Crippen LogP contribution in [0.3, 0.4) is 0 Å². The van der Waals surface area contributed by atoms with Crippen molar-refractivity contribution in [3.8, 4) is 17.2 Å². The zero-order valence-corrected chi connectivity index (χ0v) is 15.9. The summed E-state index contributed by atoms with van der Waals surface area (Å²) >= 11 is 0. The third kappa shape index (κ3) is 5.90. The van der Waals surface area contributed by atoms with Crippen molar-refractivity contribution in [2.24, 2.45) is 0 Å². The second kappa shape index (κ2) is 9.84. The maximum atomic E-state index is 12.2. The molecular weight excluding hydrogens is 352 g/mol. The van der Waals surface area contributed by atoms with Gasteiger partial charge in [0.25, 0.3) is 0 Å². The van der Waals surface area contributed by atoms with Crippen LogP contribution in [0.2, 0.25) is 0 Å². The number of ether oxygens (including phenoxy) is 3. The molecule has 0 bridgehead atoms. The second-order valence-electron chi connectivity index (χ2n) is 5.85. The summed E-state index contributed by atoms with van der Waals surface area (Å²) in [4.78, 5) is 28.4. The van der Waals surface area contributed by atoms with Crippen LogP contribution in [0.5, 0.6) is 5.75 Å². The van der Waals surface area contributed by atoms with E-state index in [0.29, 0.717) is 17.3 Å². The summed E-state index contributed by atoms with van der Waals surface area (Å²) in [5, 5.41) is 2.59. The molecule has 1 amide bonds. The molecule has 0 atom stereocenters. The first kappa shape index (κ1) is 20.6. The quantitative estimate of drug-likeness (QED) is 0.499. The van der Waals surface area contributed by atoms with Crippen LogP contribution in [0, 0.1) is 6.92 Å². The van der Waals surface area contributed by atoms with Crippen LogP contribution in [0.1, 0.15) is 17.9 Å². The highest BCUT2D eigenvalue weighted by Crippen LogP contribution is 2.24. The molecule has 1 aromatic carbocycles. The number of rotatable bonds is 10. The minimum absolute atomic E-state index is 0.0247. The zero-order valence-electron chi connectivity index (χ0n) is 15.9. The van der Waals surface area contributed by atoms with Gasteiger partial charge in [0.1, 0.15) is 17.3 Å². The first-order valence-electron chi connectivity index (χ1n) is 8.41. The number of hydrogen-bond acceptors (Lipinski definition) is 7. The smallest absolute Gasteiger partial charge is 0.227 e. The lowest BCUT2D eigenvalue weighted by Crippen LogP contribution is -2.35. The van der Waals surface area contributed by atoms with E-state index in [1.165, 1.54) is 14.2 Å². The minimum atomic E-state index is -0.547. The highest BCUT2D eigenvalue weighted by atomic mass is 16.7. The van der Waals surface area contributed by atoms with E-state index >= 15 is 0 Å².